The van der Waals surface area contributed by atoms with Crippen LogP contribution >= 0.6 is 0 Å². The lowest BCUT2D eigenvalue weighted by atomic mass is 9.90. The summed E-state index contributed by atoms with van der Waals surface area (Å²) in [5.41, 5.74) is 4.02. The minimum Gasteiger partial charge on any atom is -0.376 e. The van der Waals surface area contributed by atoms with Gasteiger partial charge in [0.25, 0.3) is 0 Å². The van der Waals surface area contributed by atoms with Gasteiger partial charge in [-0.15, -0.1) is 0 Å². The van der Waals surface area contributed by atoms with Crippen molar-refractivity contribution in [1.29, 1.82) is 0 Å². The van der Waals surface area contributed by atoms with Crippen LogP contribution in [0.25, 0.3) is 0 Å². The number of rotatable bonds is 4. The highest BCUT2D eigenvalue weighted by Gasteiger charge is 2.23. The molecular weight excluding hydrogens is 224 g/mol. The van der Waals surface area contributed by atoms with Crippen LogP contribution in [-0.4, -0.2) is 18.5 Å². The SMILES string of the molecule is O=C(CNc1cccc2c1CCCC2)NC1CC1. The van der Waals surface area contributed by atoms with Crippen molar-refractivity contribution in [3.63, 3.8) is 0 Å². The van der Waals surface area contributed by atoms with E-state index in [1.807, 2.05) is 0 Å². The minimum absolute atomic E-state index is 0.117. The molecule has 0 saturated heterocycles. The number of hydrogen-bond donors (Lipinski definition) is 2. The van der Waals surface area contributed by atoms with Crippen molar-refractivity contribution in [2.45, 2.75) is 44.6 Å². The molecule has 0 atom stereocenters. The van der Waals surface area contributed by atoms with Crippen molar-refractivity contribution >= 4 is 11.6 Å². The van der Waals surface area contributed by atoms with Crippen molar-refractivity contribution in [2.24, 2.45) is 0 Å². The Labute approximate surface area is 108 Å². The van der Waals surface area contributed by atoms with E-state index in [9.17, 15) is 4.79 Å². The fourth-order valence-corrected chi connectivity index (χ4v) is 2.63. The molecule has 18 heavy (non-hydrogen) atoms. The summed E-state index contributed by atoms with van der Waals surface area (Å²) >= 11 is 0. The topological polar surface area (TPSA) is 41.1 Å². The molecule has 0 aliphatic heterocycles. The molecule has 1 saturated carbocycles. The van der Waals surface area contributed by atoms with Crippen LogP contribution in [0, 0.1) is 0 Å². The Hall–Kier alpha value is -1.51. The predicted octanol–water partition coefficient (Wildman–Crippen LogP) is 2.26. The molecule has 3 rings (SSSR count). The lowest BCUT2D eigenvalue weighted by molar-refractivity contribution is -0.119. The van der Waals surface area contributed by atoms with E-state index in [-0.39, 0.29) is 5.91 Å². The second-order valence-corrected chi connectivity index (χ2v) is 5.35. The fraction of sp³-hybridized carbons (Fsp3) is 0.533. The molecule has 96 valence electrons. The van der Waals surface area contributed by atoms with Gasteiger partial charge in [-0.2, -0.15) is 0 Å². The van der Waals surface area contributed by atoms with E-state index in [0.717, 1.165) is 24.9 Å². The van der Waals surface area contributed by atoms with Crippen LogP contribution < -0.4 is 10.6 Å². The van der Waals surface area contributed by atoms with Crippen LogP contribution in [0.3, 0.4) is 0 Å². The molecule has 1 aromatic rings. The van der Waals surface area contributed by atoms with Gasteiger partial charge in [-0.3, -0.25) is 4.79 Å². The Bertz CT molecular complexity index is 452. The Morgan fingerprint density at radius 3 is 2.89 bits per heavy atom. The van der Waals surface area contributed by atoms with E-state index >= 15 is 0 Å². The van der Waals surface area contributed by atoms with E-state index in [0.29, 0.717) is 12.6 Å². The van der Waals surface area contributed by atoms with E-state index in [4.69, 9.17) is 0 Å². The number of hydrogen-bond acceptors (Lipinski definition) is 2. The molecular formula is C15H20N2O. The second kappa shape index (κ2) is 5.01. The summed E-state index contributed by atoms with van der Waals surface area (Å²) in [5.74, 6) is 0.117. The molecule has 3 nitrogen and oxygen atoms in total. The zero-order valence-electron chi connectivity index (χ0n) is 10.7. The molecule has 0 unspecified atom stereocenters. The van der Waals surface area contributed by atoms with E-state index in [1.165, 1.54) is 30.4 Å². The fourth-order valence-electron chi connectivity index (χ4n) is 2.63. The molecule has 0 bridgehead atoms. The summed E-state index contributed by atoms with van der Waals surface area (Å²) in [6.45, 7) is 0.396. The van der Waals surface area contributed by atoms with Crippen molar-refractivity contribution in [3.8, 4) is 0 Å². The first-order chi connectivity index (χ1) is 8.83. The van der Waals surface area contributed by atoms with Gasteiger partial charge in [0.1, 0.15) is 0 Å². The van der Waals surface area contributed by atoms with Crippen molar-refractivity contribution in [1.82, 2.24) is 5.32 Å². The van der Waals surface area contributed by atoms with Crippen LogP contribution in [0.5, 0.6) is 0 Å². The summed E-state index contributed by atoms with van der Waals surface area (Å²) < 4.78 is 0. The Kier molecular flexibility index (Phi) is 3.22. The smallest absolute Gasteiger partial charge is 0.239 e. The van der Waals surface area contributed by atoms with Gasteiger partial charge in [0.05, 0.1) is 6.54 Å². The van der Waals surface area contributed by atoms with Gasteiger partial charge in [0.2, 0.25) is 5.91 Å². The van der Waals surface area contributed by atoms with E-state index in [1.54, 1.807) is 0 Å². The number of amides is 1. The van der Waals surface area contributed by atoms with Crippen molar-refractivity contribution in [3.05, 3.63) is 29.3 Å². The van der Waals surface area contributed by atoms with Gasteiger partial charge in [0, 0.05) is 11.7 Å². The largest absolute Gasteiger partial charge is 0.376 e. The second-order valence-electron chi connectivity index (χ2n) is 5.35. The molecule has 0 heterocycles. The molecule has 2 N–H and O–H groups in total. The quantitative estimate of drug-likeness (QED) is 0.853. The third-order valence-corrected chi connectivity index (χ3v) is 3.78. The van der Waals surface area contributed by atoms with Crippen LogP contribution in [0.15, 0.2) is 18.2 Å². The molecule has 2 aliphatic carbocycles. The molecule has 0 spiro atoms. The first-order valence-electron chi connectivity index (χ1n) is 6.97. The van der Waals surface area contributed by atoms with E-state index in [2.05, 4.69) is 28.8 Å². The molecule has 1 amide bonds. The number of aryl methyl sites for hydroxylation is 1. The third kappa shape index (κ3) is 2.66. The summed E-state index contributed by atoms with van der Waals surface area (Å²) in [7, 11) is 0. The van der Waals surface area contributed by atoms with Crippen LogP contribution in [0.2, 0.25) is 0 Å². The molecule has 0 aromatic heterocycles. The van der Waals surface area contributed by atoms with Crippen molar-refractivity contribution < 1.29 is 4.79 Å². The highest BCUT2D eigenvalue weighted by atomic mass is 16.2. The Balaban J connectivity index is 1.63. The summed E-state index contributed by atoms with van der Waals surface area (Å²) in [5, 5.41) is 6.30. The van der Waals surface area contributed by atoms with Gasteiger partial charge in [0.15, 0.2) is 0 Å². The number of fused-ring (bicyclic) bond motifs is 1. The third-order valence-electron chi connectivity index (χ3n) is 3.78. The Morgan fingerprint density at radius 1 is 1.22 bits per heavy atom. The first-order valence-corrected chi connectivity index (χ1v) is 6.97. The molecule has 2 aliphatic rings. The maximum Gasteiger partial charge on any atom is 0.239 e. The zero-order chi connectivity index (χ0) is 12.4. The number of carbonyl (C=O) groups is 1. The molecule has 0 radical (unpaired) electrons. The highest BCUT2D eigenvalue weighted by molar-refractivity contribution is 5.81. The van der Waals surface area contributed by atoms with Gasteiger partial charge in [-0.1, -0.05) is 12.1 Å². The van der Waals surface area contributed by atoms with E-state index < -0.39 is 0 Å². The number of nitrogens with one attached hydrogen (secondary N) is 2. The molecule has 1 aromatic carbocycles. The predicted molar refractivity (Wildman–Crippen MR) is 72.7 cm³/mol. The number of benzene rings is 1. The van der Waals surface area contributed by atoms with Crippen LogP contribution in [0.1, 0.15) is 36.8 Å². The monoisotopic (exact) mass is 244 g/mol. The zero-order valence-corrected chi connectivity index (χ0v) is 10.7. The van der Waals surface area contributed by atoms with Gasteiger partial charge >= 0.3 is 0 Å². The van der Waals surface area contributed by atoms with Gasteiger partial charge < -0.3 is 10.6 Å². The normalized spacial score (nSPS) is 18.0. The minimum atomic E-state index is 0.117. The average molecular weight is 244 g/mol. The first kappa shape index (κ1) is 11.6. The maximum atomic E-state index is 11.7. The molecule has 1 fully saturated rings. The van der Waals surface area contributed by atoms with Gasteiger partial charge in [-0.05, 0) is 55.7 Å². The van der Waals surface area contributed by atoms with Crippen LogP contribution in [0.4, 0.5) is 5.69 Å². The lowest BCUT2D eigenvalue weighted by Crippen LogP contribution is -2.31. The average Bonchev–Trinajstić information content (AvgIpc) is 3.20. The number of carbonyl (C=O) groups excluding carboxylic acids is 1. The van der Waals surface area contributed by atoms with Crippen molar-refractivity contribution in [2.75, 3.05) is 11.9 Å². The highest BCUT2D eigenvalue weighted by Crippen LogP contribution is 2.27. The Morgan fingerprint density at radius 2 is 2.06 bits per heavy atom. The molecule has 3 heteroatoms. The maximum absolute atomic E-state index is 11.7. The van der Waals surface area contributed by atoms with Gasteiger partial charge in [-0.25, -0.2) is 0 Å². The summed E-state index contributed by atoms with van der Waals surface area (Å²) in [6.07, 6.45) is 7.17. The standard InChI is InChI=1S/C15H20N2O/c18-15(17-12-8-9-12)10-16-14-7-3-5-11-4-1-2-6-13(11)14/h3,5,7,12,16H,1-2,4,6,8-10H2,(H,17,18). The summed E-state index contributed by atoms with van der Waals surface area (Å²) in [6, 6.07) is 6.84. The lowest BCUT2D eigenvalue weighted by Gasteiger charge is -2.20. The number of anilines is 1. The van der Waals surface area contributed by atoms with Crippen LogP contribution in [-0.2, 0) is 17.6 Å². The summed E-state index contributed by atoms with van der Waals surface area (Å²) in [4.78, 5) is 11.7.